The van der Waals surface area contributed by atoms with E-state index in [4.69, 9.17) is 16.3 Å². The monoisotopic (exact) mass is 610 g/mol. The molecule has 0 spiro atoms. The maximum atomic E-state index is 12.9. The lowest BCUT2D eigenvalue weighted by molar-refractivity contribution is -0.148. The summed E-state index contributed by atoms with van der Waals surface area (Å²) in [5, 5.41) is 46.5. The number of phenolic OH excluding ortho intramolecular Hbond substituents is 2. The number of carboxylic acids is 1. The second-order valence-corrected chi connectivity index (χ2v) is 11.0. The van der Waals surface area contributed by atoms with Crippen LogP contribution in [0.5, 0.6) is 11.5 Å². The predicted octanol–water partition coefficient (Wildman–Crippen LogP) is 0.915. The normalized spacial score (nSPS) is 12.0. The second-order valence-electron chi connectivity index (χ2n) is 9.41. The number of ether oxygens (including phenoxy) is 1. The van der Waals surface area contributed by atoms with Crippen LogP contribution in [-0.4, -0.2) is 70.5 Å². The molecule has 15 nitrogen and oxygen atoms in total. The second kappa shape index (κ2) is 11.8. The van der Waals surface area contributed by atoms with E-state index in [0.717, 1.165) is 25.3 Å². The average Bonchev–Trinajstić information content (AvgIpc) is 3.36. The van der Waals surface area contributed by atoms with Crippen molar-refractivity contribution in [3.63, 3.8) is 0 Å². The minimum Gasteiger partial charge on any atom is -0.507 e. The number of aromatic amines is 1. The van der Waals surface area contributed by atoms with Crippen LogP contribution in [0.25, 0.3) is 33.5 Å². The summed E-state index contributed by atoms with van der Waals surface area (Å²) in [6, 6.07) is 9.03. The molecule has 4 aromatic rings. The van der Waals surface area contributed by atoms with Crippen molar-refractivity contribution in [2.24, 2.45) is 10.9 Å². The summed E-state index contributed by atoms with van der Waals surface area (Å²) in [7, 11) is -3.14. The fourth-order valence-corrected chi connectivity index (χ4v) is 4.81. The van der Waals surface area contributed by atoms with Gasteiger partial charge in [-0.05, 0) is 54.1 Å². The molecule has 0 aliphatic heterocycles. The molecule has 1 atom stereocenters. The Kier molecular flexibility index (Phi) is 8.36. The number of nitrogen functional groups attached to an aromatic ring is 1. The van der Waals surface area contributed by atoms with Crippen LogP contribution in [0.2, 0.25) is 0 Å². The maximum Gasteiger partial charge on any atom is 0.326 e. The average molecular weight is 611 g/mol. The fraction of sp³-hybridized carbons (Fsp3) is 0.148. The fourth-order valence-electron chi connectivity index (χ4n) is 4.27. The number of methoxy groups -OCH3 is 1. The number of sulfonamides is 1. The van der Waals surface area contributed by atoms with Crippen molar-refractivity contribution in [1.82, 2.24) is 15.3 Å². The number of carboxylic acid groups (broad SMARTS) is 1. The summed E-state index contributed by atoms with van der Waals surface area (Å²) in [5.74, 6) is -4.10. The van der Waals surface area contributed by atoms with Gasteiger partial charge in [0.05, 0.1) is 41.4 Å². The van der Waals surface area contributed by atoms with E-state index in [1.54, 1.807) is 18.2 Å². The SMILES string of the molecule is COC(=O)C[C@H](NC(=O)Cc1cc(-c2nc3cc(C(=N)N)ccc3[nH]2)c(O)c(-c2cc(S(N)(=O)=O)ccc2O)c1)C(=O)O. The molecule has 1 aromatic heterocycles. The third kappa shape index (κ3) is 6.71. The molecule has 16 heteroatoms. The number of aromatic nitrogens is 2. The molecule has 224 valence electrons. The van der Waals surface area contributed by atoms with Crippen LogP contribution >= 0.6 is 0 Å². The van der Waals surface area contributed by atoms with Gasteiger partial charge in [-0.2, -0.15) is 0 Å². The zero-order valence-electron chi connectivity index (χ0n) is 22.4. The summed E-state index contributed by atoms with van der Waals surface area (Å²) in [6.45, 7) is 0. The standard InChI is InChI=1S/C27H26N6O9S/c1-42-23(36)11-20(27(38)39)31-22(35)8-12-6-16(15-10-14(43(30,40)41)3-5-21(15)34)24(37)17(7-12)26-32-18-4-2-13(25(28)29)9-19(18)33-26/h2-7,9-10,20,34,37H,8,11H2,1H3,(H3,28,29)(H,31,35)(H,32,33)(H,38,39)(H2,30,40,41)/t20-/m0/s1. The molecule has 4 rings (SSSR count). The van der Waals surface area contributed by atoms with E-state index in [-0.39, 0.29) is 38.8 Å². The van der Waals surface area contributed by atoms with E-state index in [9.17, 15) is 38.1 Å². The predicted molar refractivity (Wildman–Crippen MR) is 153 cm³/mol. The Hall–Kier alpha value is -5.48. The first-order chi connectivity index (χ1) is 20.2. The van der Waals surface area contributed by atoms with Crippen LogP contribution in [0, 0.1) is 5.41 Å². The van der Waals surface area contributed by atoms with Crippen molar-refractivity contribution >= 4 is 44.7 Å². The number of esters is 1. The van der Waals surface area contributed by atoms with Crippen LogP contribution in [-0.2, 0) is 35.6 Å². The van der Waals surface area contributed by atoms with Crippen LogP contribution < -0.4 is 16.2 Å². The number of benzene rings is 3. The Morgan fingerprint density at radius 3 is 2.40 bits per heavy atom. The number of hydrogen-bond donors (Lipinski definition) is 8. The Bertz CT molecular complexity index is 1900. The summed E-state index contributed by atoms with van der Waals surface area (Å²) >= 11 is 0. The molecule has 43 heavy (non-hydrogen) atoms. The van der Waals surface area contributed by atoms with Gasteiger partial charge in [-0.3, -0.25) is 15.0 Å². The van der Waals surface area contributed by atoms with Gasteiger partial charge in [-0.25, -0.2) is 23.3 Å². The van der Waals surface area contributed by atoms with Gasteiger partial charge in [-0.15, -0.1) is 0 Å². The number of carbonyl (C=O) groups is 3. The topological polar surface area (TPSA) is 272 Å². The van der Waals surface area contributed by atoms with Gasteiger partial charge < -0.3 is 36.1 Å². The number of primary sulfonamides is 1. The van der Waals surface area contributed by atoms with E-state index in [1.807, 2.05) is 0 Å². The first kappa shape index (κ1) is 30.5. The number of rotatable bonds is 10. The Labute approximate surface area is 243 Å². The molecule has 0 radical (unpaired) electrons. The van der Waals surface area contributed by atoms with Crippen LogP contribution in [0.3, 0.4) is 0 Å². The molecular weight excluding hydrogens is 584 g/mol. The minimum absolute atomic E-state index is 0.0330. The van der Waals surface area contributed by atoms with Crippen molar-refractivity contribution in [1.29, 1.82) is 5.41 Å². The van der Waals surface area contributed by atoms with E-state index < -0.39 is 58.3 Å². The molecule has 3 aromatic carbocycles. The Morgan fingerprint density at radius 1 is 1.07 bits per heavy atom. The lowest BCUT2D eigenvalue weighted by Crippen LogP contribution is -2.43. The van der Waals surface area contributed by atoms with Gasteiger partial charge in [-0.1, -0.05) is 0 Å². The first-order valence-corrected chi connectivity index (χ1v) is 13.9. The van der Waals surface area contributed by atoms with Gasteiger partial charge in [0.1, 0.15) is 29.2 Å². The molecule has 1 amide bonds. The highest BCUT2D eigenvalue weighted by molar-refractivity contribution is 7.89. The number of phenols is 2. The number of carbonyl (C=O) groups excluding carboxylic acids is 2. The van der Waals surface area contributed by atoms with Gasteiger partial charge in [0.15, 0.2) is 0 Å². The summed E-state index contributed by atoms with van der Waals surface area (Å²) in [4.78, 5) is 43.2. The van der Waals surface area contributed by atoms with Crippen LogP contribution in [0.1, 0.15) is 17.5 Å². The van der Waals surface area contributed by atoms with Crippen molar-refractivity contribution in [2.45, 2.75) is 23.8 Å². The first-order valence-electron chi connectivity index (χ1n) is 12.3. The number of imidazole rings is 1. The number of aliphatic carboxylic acids is 1. The van der Waals surface area contributed by atoms with Gasteiger partial charge in [0.2, 0.25) is 15.9 Å². The van der Waals surface area contributed by atoms with E-state index >= 15 is 0 Å². The highest BCUT2D eigenvalue weighted by atomic mass is 32.2. The molecule has 1 heterocycles. The number of nitrogens with two attached hydrogens (primary N) is 2. The highest BCUT2D eigenvalue weighted by Crippen LogP contribution is 2.42. The van der Waals surface area contributed by atoms with Crippen LogP contribution in [0.4, 0.5) is 0 Å². The van der Waals surface area contributed by atoms with Gasteiger partial charge in [0, 0.05) is 16.7 Å². The Balaban J connectivity index is 1.85. The molecule has 0 bridgehead atoms. The molecular formula is C27H26N6O9S. The number of amidine groups is 1. The quantitative estimate of drug-likeness (QED) is 0.0710. The van der Waals surface area contributed by atoms with Crippen molar-refractivity contribution in [3.05, 3.63) is 59.7 Å². The molecule has 0 aliphatic carbocycles. The molecule has 0 saturated heterocycles. The Morgan fingerprint density at radius 2 is 1.77 bits per heavy atom. The summed E-state index contributed by atoms with van der Waals surface area (Å²) in [5.41, 5.74) is 6.84. The molecule has 0 aliphatic rings. The minimum atomic E-state index is -4.21. The third-order valence-corrected chi connectivity index (χ3v) is 7.31. The largest absolute Gasteiger partial charge is 0.507 e. The molecule has 0 fully saturated rings. The maximum absolute atomic E-state index is 12.9. The number of aromatic hydroxyl groups is 2. The lowest BCUT2D eigenvalue weighted by Gasteiger charge is -2.16. The molecule has 10 N–H and O–H groups in total. The summed E-state index contributed by atoms with van der Waals surface area (Å²) < 4.78 is 28.5. The number of H-pyrrole nitrogens is 1. The van der Waals surface area contributed by atoms with E-state index in [2.05, 4.69) is 20.0 Å². The smallest absolute Gasteiger partial charge is 0.326 e. The van der Waals surface area contributed by atoms with Crippen molar-refractivity contribution in [2.75, 3.05) is 7.11 Å². The van der Waals surface area contributed by atoms with Crippen LogP contribution in [0.15, 0.2) is 53.4 Å². The number of fused-ring (bicyclic) bond motifs is 1. The number of nitrogens with one attached hydrogen (secondary N) is 3. The number of amides is 1. The van der Waals surface area contributed by atoms with Gasteiger partial charge >= 0.3 is 11.9 Å². The van der Waals surface area contributed by atoms with Crippen molar-refractivity contribution < 1.29 is 42.9 Å². The van der Waals surface area contributed by atoms with Crippen molar-refractivity contribution in [3.8, 4) is 34.0 Å². The highest BCUT2D eigenvalue weighted by Gasteiger charge is 2.25. The lowest BCUT2D eigenvalue weighted by atomic mass is 9.95. The third-order valence-electron chi connectivity index (χ3n) is 6.40. The summed E-state index contributed by atoms with van der Waals surface area (Å²) in [6.07, 6.45) is -1.09. The number of hydrogen-bond acceptors (Lipinski definition) is 10. The molecule has 0 saturated carbocycles. The zero-order valence-corrected chi connectivity index (χ0v) is 23.2. The molecule has 0 unspecified atom stereocenters. The van der Waals surface area contributed by atoms with E-state index in [0.29, 0.717) is 16.6 Å². The van der Waals surface area contributed by atoms with Gasteiger partial charge in [0.25, 0.3) is 0 Å². The van der Waals surface area contributed by atoms with E-state index in [1.165, 1.54) is 12.1 Å². The zero-order chi connectivity index (χ0) is 31.6. The number of nitrogens with zero attached hydrogens (tertiary/aromatic N) is 1.